The fraction of sp³-hybridized carbons (Fsp3) is 0.571. The van der Waals surface area contributed by atoms with Gasteiger partial charge in [-0.25, -0.2) is 4.39 Å². The van der Waals surface area contributed by atoms with Crippen LogP contribution in [0.3, 0.4) is 0 Å². The van der Waals surface area contributed by atoms with E-state index in [0.717, 1.165) is 34.9 Å². The van der Waals surface area contributed by atoms with Crippen LogP contribution in [0.2, 0.25) is 0 Å². The molecule has 1 atom stereocenters. The molecule has 1 aromatic carbocycles. The second kappa shape index (κ2) is 5.33. The maximum Gasteiger partial charge on any atom is 0.138 e. The van der Waals surface area contributed by atoms with Crippen molar-refractivity contribution in [1.29, 1.82) is 0 Å². The van der Waals surface area contributed by atoms with Gasteiger partial charge in [-0.2, -0.15) is 0 Å². The molecule has 1 saturated carbocycles. The van der Waals surface area contributed by atoms with E-state index in [9.17, 15) is 4.39 Å². The summed E-state index contributed by atoms with van der Waals surface area (Å²) in [4.78, 5) is 2.32. The molecule has 0 aromatic heterocycles. The molecule has 1 unspecified atom stereocenters. The summed E-state index contributed by atoms with van der Waals surface area (Å²) in [6.45, 7) is 3.22. The lowest BCUT2D eigenvalue weighted by atomic mass is 10.1. The Morgan fingerprint density at radius 1 is 1.33 bits per heavy atom. The summed E-state index contributed by atoms with van der Waals surface area (Å²) in [5.41, 5.74) is 1.06. The maximum atomic E-state index is 13.5. The lowest BCUT2D eigenvalue weighted by molar-refractivity contribution is 0.515. The Bertz CT molecular complexity index is 434. The van der Waals surface area contributed by atoms with Crippen molar-refractivity contribution < 1.29 is 4.39 Å². The van der Waals surface area contributed by atoms with E-state index in [0.29, 0.717) is 5.92 Å². The van der Waals surface area contributed by atoms with E-state index in [1.54, 1.807) is 0 Å². The third kappa shape index (κ3) is 2.79. The fourth-order valence-electron chi connectivity index (χ4n) is 2.58. The zero-order valence-electron chi connectivity index (χ0n) is 10.3. The molecule has 2 aliphatic rings. The summed E-state index contributed by atoms with van der Waals surface area (Å²) in [5.74, 6) is 0.609. The van der Waals surface area contributed by atoms with E-state index in [-0.39, 0.29) is 5.82 Å². The summed E-state index contributed by atoms with van der Waals surface area (Å²) in [5, 5.41) is 3.59. The van der Waals surface area contributed by atoms with E-state index in [4.69, 9.17) is 0 Å². The molecule has 0 bridgehead atoms. The Kier molecular flexibility index (Phi) is 3.75. The van der Waals surface area contributed by atoms with Gasteiger partial charge < -0.3 is 10.2 Å². The third-order valence-electron chi connectivity index (χ3n) is 3.83. The highest BCUT2D eigenvalue weighted by Crippen LogP contribution is 2.30. The van der Waals surface area contributed by atoms with Gasteiger partial charge in [0.25, 0.3) is 0 Å². The van der Waals surface area contributed by atoms with Gasteiger partial charge in [0.05, 0.1) is 9.26 Å². The number of hydrogen-bond acceptors (Lipinski definition) is 2. The van der Waals surface area contributed by atoms with Crippen LogP contribution in [0.25, 0.3) is 0 Å². The molecule has 1 aliphatic carbocycles. The van der Waals surface area contributed by atoms with Crippen LogP contribution in [0.4, 0.5) is 10.1 Å². The highest BCUT2D eigenvalue weighted by molar-refractivity contribution is 14.1. The van der Waals surface area contributed by atoms with E-state index < -0.39 is 0 Å². The maximum absolute atomic E-state index is 13.5. The summed E-state index contributed by atoms with van der Waals surface area (Å²) in [6, 6.07) is 6.16. The van der Waals surface area contributed by atoms with E-state index in [1.165, 1.54) is 25.3 Å². The van der Waals surface area contributed by atoms with Crippen molar-refractivity contribution in [2.45, 2.75) is 25.3 Å². The minimum atomic E-state index is -0.104. The van der Waals surface area contributed by atoms with Gasteiger partial charge in [-0.1, -0.05) is 6.07 Å². The molecule has 1 saturated heterocycles. The molecule has 1 aromatic rings. The Morgan fingerprint density at radius 2 is 2.17 bits per heavy atom. The van der Waals surface area contributed by atoms with E-state index >= 15 is 0 Å². The molecule has 98 valence electrons. The number of nitrogens with one attached hydrogen (secondary N) is 1. The van der Waals surface area contributed by atoms with Crippen LogP contribution in [-0.4, -0.2) is 25.7 Å². The number of anilines is 1. The Balaban J connectivity index is 1.61. The summed E-state index contributed by atoms with van der Waals surface area (Å²) in [6.07, 6.45) is 3.91. The van der Waals surface area contributed by atoms with Crippen LogP contribution in [0, 0.1) is 15.3 Å². The molecular formula is C14H18FIN2. The van der Waals surface area contributed by atoms with Crippen molar-refractivity contribution in [3.8, 4) is 0 Å². The molecule has 2 fully saturated rings. The van der Waals surface area contributed by atoms with Gasteiger partial charge in [0.2, 0.25) is 0 Å². The molecule has 4 heteroatoms. The first-order chi connectivity index (χ1) is 8.74. The smallest absolute Gasteiger partial charge is 0.138 e. The molecule has 0 radical (unpaired) electrons. The number of rotatable bonds is 4. The second-order valence-electron chi connectivity index (χ2n) is 5.36. The number of hydrogen-bond donors (Lipinski definition) is 1. The van der Waals surface area contributed by atoms with E-state index in [2.05, 4.69) is 32.8 Å². The van der Waals surface area contributed by atoms with Gasteiger partial charge in [0.1, 0.15) is 5.82 Å². The minimum Gasteiger partial charge on any atom is -0.370 e. The molecule has 1 heterocycles. The Labute approximate surface area is 121 Å². The van der Waals surface area contributed by atoms with Crippen LogP contribution >= 0.6 is 22.6 Å². The van der Waals surface area contributed by atoms with Gasteiger partial charge in [-0.05, 0) is 66.4 Å². The normalized spacial score (nSPS) is 23.7. The topological polar surface area (TPSA) is 15.3 Å². The molecule has 1 N–H and O–H groups in total. The zero-order valence-corrected chi connectivity index (χ0v) is 12.5. The van der Waals surface area contributed by atoms with Crippen molar-refractivity contribution in [2.24, 2.45) is 5.92 Å². The quantitative estimate of drug-likeness (QED) is 0.831. The highest BCUT2D eigenvalue weighted by atomic mass is 127. The number of benzene rings is 1. The second-order valence-corrected chi connectivity index (χ2v) is 6.43. The van der Waals surface area contributed by atoms with Crippen LogP contribution < -0.4 is 10.2 Å². The molecule has 1 aliphatic heterocycles. The molecule has 2 nitrogen and oxygen atoms in total. The van der Waals surface area contributed by atoms with Gasteiger partial charge in [-0.15, -0.1) is 0 Å². The van der Waals surface area contributed by atoms with Crippen LogP contribution in [-0.2, 0) is 0 Å². The van der Waals surface area contributed by atoms with Crippen molar-refractivity contribution in [1.82, 2.24) is 5.32 Å². The van der Waals surface area contributed by atoms with E-state index in [1.807, 2.05) is 12.1 Å². The van der Waals surface area contributed by atoms with Crippen molar-refractivity contribution in [3.63, 3.8) is 0 Å². The average molecular weight is 360 g/mol. The minimum absolute atomic E-state index is 0.104. The third-order valence-corrected chi connectivity index (χ3v) is 4.90. The number of nitrogens with zero attached hydrogens (tertiary/aromatic N) is 1. The van der Waals surface area contributed by atoms with Crippen LogP contribution in [0.5, 0.6) is 0 Å². The van der Waals surface area contributed by atoms with Crippen molar-refractivity contribution in [3.05, 3.63) is 27.6 Å². The predicted octanol–water partition coefficient (Wildman–Crippen LogP) is 3.01. The lowest BCUT2D eigenvalue weighted by Gasteiger charge is -2.20. The molecule has 18 heavy (non-hydrogen) atoms. The van der Waals surface area contributed by atoms with Gasteiger partial charge >= 0.3 is 0 Å². The first-order valence-corrected chi connectivity index (χ1v) is 7.74. The molecular weight excluding hydrogens is 342 g/mol. The predicted molar refractivity (Wildman–Crippen MR) is 80.5 cm³/mol. The largest absolute Gasteiger partial charge is 0.370 e. The van der Waals surface area contributed by atoms with Gasteiger partial charge in [0, 0.05) is 19.1 Å². The monoisotopic (exact) mass is 360 g/mol. The molecule has 0 spiro atoms. The number of halogens is 2. The molecule has 0 amide bonds. The Morgan fingerprint density at radius 3 is 2.94 bits per heavy atom. The van der Waals surface area contributed by atoms with Gasteiger partial charge in [-0.3, -0.25) is 0 Å². The molecule has 3 rings (SSSR count). The first kappa shape index (κ1) is 12.7. The SMILES string of the molecule is Fc1cccc(N2CCC(CNC3CC3)C2)c1I. The zero-order chi connectivity index (χ0) is 12.5. The highest BCUT2D eigenvalue weighted by Gasteiger charge is 2.27. The van der Waals surface area contributed by atoms with Gasteiger partial charge in [0.15, 0.2) is 0 Å². The van der Waals surface area contributed by atoms with Crippen LogP contribution in [0.15, 0.2) is 18.2 Å². The average Bonchev–Trinajstić information content (AvgIpc) is 3.08. The summed E-state index contributed by atoms with van der Waals surface area (Å²) >= 11 is 2.11. The lowest BCUT2D eigenvalue weighted by Crippen LogP contribution is -2.28. The van der Waals surface area contributed by atoms with Crippen molar-refractivity contribution >= 4 is 28.3 Å². The first-order valence-electron chi connectivity index (χ1n) is 6.66. The summed E-state index contributed by atoms with van der Waals surface area (Å²) in [7, 11) is 0. The summed E-state index contributed by atoms with van der Waals surface area (Å²) < 4.78 is 14.3. The van der Waals surface area contributed by atoms with Crippen LogP contribution in [0.1, 0.15) is 19.3 Å². The standard InChI is InChI=1S/C14H18FIN2/c15-12-2-1-3-13(14(12)16)18-7-6-10(9-18)8-17-11-4-5-11/h1-3,10-11,17H,4-9H2. The van der Waals surface area contributed by atoms with Crippen molar-refractivity contribution in [2.75, 3.05) is 24.5 Å². The Hall–Kier alpha value is -0.360. The fourth-order valence-corrected chi connectivity index (χ4v) is 3.28.